The van der Waals surface area contributed by atoms with E-state index in [1.54, 1.807) is 11.8 Å². The molecule has 1 N–H and O–H groups in total. The number of hydrogen-bond donors (Lipinski definition) is 1. The number of nitrogens with one attached hydrogen (secondary N) is 1. The predicted molar refractivity (Wildman–Crippen MR) is 81.1 cm³/mol. The molecule has 128 valence electrons. The van der Waals surface area contributed by atoms with Crippen LogP contribution in [0.2, 0.25) is 0 Å². The molecule has 1 saturated carbocycles. The Kier molecular flexibility index (Phi) is 5.00. The number of ether oxygens (including phenoxy) is 1. The zero-order chi connectivity index (χ0) is 16.5. The second-order valence-corrected chi connectivity index (χ2v) is 7.63. The van der Waals surface area contributed by atoms with Gasteiger partial charge >= 0.3 is 6.09 Å². The summed E-state index contributed by atoms with van der Waals surface area (Å²) in [5, 5.41) is 3.34. The van der Waals surface area contributed by atoms with Gasteiger partial charge in [0.1, 0.15) is 5.60 Å². The Bertz CT molecular complexity index is 409. The van der Waals surface area contributed by atoms with Crippen LogP contribution in [0, 0.1) is 5.92 Å². The van der Waals surface area contributed by atoms with Gasteiger partial charge in [0.2, 0.25) is 0 Å². The van der Waals surface area contributed by atoms with E-state index in [-0.39, 0.29) is 24.6 Å². The lowest BCUT2D eigenvalue weighted by Gasteiger charge is -2.37. The number of amides is 1. The standard InChI is InChI=1S/C16H28F2N2O2/c1-11-13(6-5-8-16(11,17)18)19-12-7-9-20(10-12)14(21)22-15(2,3)4/h11-13,19H,5-10H2,1-4H3/t11-,12+,13+/m1/s1. The summed E-state index contributed by atoms with van der Waals surface area (Å²) in [7, 11) is 0. The number of likely N-dealkylation sites (tertiary alicyclic amines) is 1. The van der Waals surface area contributed by atoms with Crippen molar-refractivity contribution in [3.63, 3.8) is 0 Å². The fourth-order valence-electron chi connectivity index (χ4n) is 3.25. The van der Waals surface area contributed by atoms with E-state index in [1.165, 1.54) is 0 Å². The molecule has 2 fully saturated rings. The molecule has 0 aromatic rings. The first-order valence-electron chi connectivity index (χ1n) is 8.20. The van der Waals surface area contributed by atoms with Gasteiger partial charge in [-0.2, -0.15) is 0 Å². The number of hydrogen-bond acceptors (Lipinski definition) is 3. The molecule has 6 heteroatoms. The zero-order valence-corrected chi connectivity index (χ0v) is 14.0. The van der Waals surface area contributed by atoms with Crippen molar-refractivity contribution < 1.29 is 18.3 Å². The lowest BCUT2D eigenvalue weighted by atomic mass is 9.82. The average Bonchev–Trinajstić information content (AvgIpc) is 2.81. The van der Waals surface area contributed by atoms with Crippen LogP contribution in [-0.4, -0.2) is 47.7 Å². The highest BCUT2D eigenvalue weighted by Gasteiger charge is 2.44. The minimum atomic E-state index is -2.58. The van der Waals surface area contributed by atoms with Gasteiger partial charge in [0, 0.05) is 37.5 Å². The smallest absolute Gasteiger partial charge is 0.410 e. The van der Waals surface area contributed by atoms with Crippen LogP contribution in [0.15, 0.2) is 0 Å². The van der Waals surface area contributed by atoms with Crippen LogP contribution in [-0.2, 0) is 4.74 Å². The van der Waals surface area contributed by atoms with Crippen LogP contribution in [0.25, 0.3) is 0 Å². The van der Waals surface area contributed by atoms with Gasteiger partial charge in [0.25, 0.3) is 5.92 Å². The van der Waals surface area contributed by atoms with Crippen LogP contribution < -0.4 is 5.32 Å². The first kappa shape index (κ1) is 17.4. The van der Waals surface area contributed by atoms with Crippen LogP contribution in [0.3, 0.4) is 0 Å². The van der Waals surface area contributed by atoms with Gasteiger partial charge in [0.05, 0.1) is 0 Å². The minimum Gasteiger partial charge on any atom is -0.444 e. The van der Waals surface area contributed by atoms with E-state index in [9.17, 15) is 13.6 Å². The van der Waals surface area contributed by atoms with Crippen molar-refractivity contribution in [1.82, 2.24) is 10.2 Å². The molecule has 2 aliphatic rings. The van der Waals surface area contributed by atoms with Gasteiger partial charge in [-0.15, -0.1) is 0 Å². The lowest BCUT2D eigenvalue weighted by molar-refractivity contribution is -0.0921. The van der Waals surface area contributed by atoms with Crippen LogP contribution in [0.5, 0.6) is 0 Å². The molecular weight excluding hydrogens is 290 g/mol. The third-order valence-corrected chi connectivity index (χ3v) is 4.58. The number of carbonyl (C=O) groups excluding carboxylic acids is 1. The Morgan fingerprint density at radius 1 is 1.32 bits per heavy atom. The largest absolute Gasteiger partial charge is 0.444 e. The summed E-state index contributed by atoms with van der Waals surface area (Å²) >= 11 is 0. The topological polar surface area (TPSA) is 41.6 Å². The van der Waals surface area contributed by atoms with E-state index in [2.05, 4.69) is 5.32 Å². The SMILES string of the molecule is C[C@@H]1[C@@H](N[C@H]2CCN(C(=O)OC(C)(C)C)C2)CCCC1(F)F. The van der Waals surface area contributed by atoms with E-state index in [0.29, 0.717) is 19.5 Å². The first-order chi connectivity index (χ1) is 10.1. The van der Waals surface area contributed by atoms with Crippen molar-refractivity contribution in [1.29, 1.82) is 0 Å². The minimum absolute atomic E-state index is 0.0129. The molecule has 2 rings (SSSR count). The van der Waals surface area contributed by atoms with Gasteiger partial charge < -0.3 is 15.0 Å². The Morgan fingerprint density at radius 2 is 2.00 bits per heavy atom. The normalized spacial score (nSPS) is 32.1. The molecule has 1 aliphatic heterocycles. The summed E-state index contributed by atoms with van der Waals surface area (Å²) < 4.78 is 32.9. The van der Waals surface area contributed by atoms with Crippen molar-refractivity contribution in [2.24, 2.45) is 5.92 Å². The molecule has 1 amide bonds. The second-order valence-electron chi connectivity index (χ2n) is 7.63. The fraction of sp³-hybridized carbons (Fsp3) is 0.938. The number of halogens is 2. The lowest BCUT2D eigenvalue weighted by Crippen LogP contribution is -2.51. The summed E-state index contributed by atoms with van der Waals surface area (Å²) in [6.45, 7) is 8.28. The van der Waals surface area contributed by atoms with Gasteiger partial charge in [0.15, 0.2) is 0 Å². The maximum absolute atomic E-state index is 13.8. The summed E-state index contributed by atoms with van der Waals surface area (Å²) in [4.78, 5) is 13.7. The average molecular weight is 318 g/mol. The molecule has 1 aliphatic carbocycles. The maximum Gasteiger partial charge on any atom is 0.410 e. The zero-order valence-electron chi connectivity index (χ0n) is 14.0. The molecule has 0 bridgehead atoms. The Labute approximate surface area is 131 Å². The van der Waals surface area contributed by atoms with Crippen LogP contribution >= 0.6 is 0 Å². The Morgan fingerprint density at radius 3 is 2.64 bits per heavy atom. The predicted octanol–water partition coefficient (Wildman–Crippen LogP) is 3.41. The van der Waals surface area contributed by atoms with Crippen LogP contribution in [0.1, 0.15) is 53.4 Å². The highest BCUT2D eigenvalue weighted by atomic mass is 19.3. The molecule has 22 heavy (non-hydrogen) atoms. The Balaban J connectivity index is 1.85. The van der Waals surface area contributed by atoms with Gasteiger partial charge in [-0.25, -0.2) is 13.6 Å². The molecule has 1 saturated heterocycles. The maximum atomic E-state index is 13.8. The van der Waals surface area contributed by atoms with Crippen molar-refractivity contribution >= 4 is 6.09 Å². The monoisotopic (exact) mass is 318 g/mol. The highest BCUT2D eigenvalue weighted by Crippen LogP contribution is 2.38. The van der Waals surface area contributed by atoms with Gasteiger partial charge in [-0.3, -0.25) is 0 Å². The molecule has 0 aromatic heterocycles. The number of carbonyl (C=O) groups is 1. The van der Waals surface area contributed by atoms with E-state index < -0.39 is 17.4 Å². The van der Waals surface area contributed by atoms with Crippen molar-refractivity contribution in [3.8, 4) is 0 Å². The van der Waals surface area contributed by atoms with Gasteiger partial charge in [-0.05, 0) is 40.0 Å². The van der Waals surface area contributed by atoms with E-state index >= 15 is 0 Å². The summed E-state index contributed by atoms with van der Waals surface area (Å²) in [6, 6.07) is -0.0961. The molecular formula is C16H28F2N2O2. The van der Waals surface area contributed by atoms with Crippen molar-refractivity contribution in [2.45, 2.75) is 77.0 Å². The third-order valence-electron chi connectivity index (χ3n) is 4.58. The number of alkyl halides is 2. The van der Waals surface area contributed by atoms with E-state index in [0.717, 1.165) is 12.8 Å². The van der Waals surface area contributed by atoms with Gasteiger partial charge in [-0.1, -0.05) is 6.92 Å². The number of rotatable bonds is 2. The summed E-state index contributed by atoms with van der Waals surface area (Å²) in [5.41, 5.74) is -0.511. The molecule has 4 nitrogen and oxygen atoms in total. The summed E-state index contributed by atoms with van der Waals surface area (Å²) in [5.74, 6) is -3.24. The Hall–Kier alpha value is -0.910. The van der Waals surface area contributed by atoms with E-state index in [1.807, 2.05) is 20.8 Å². The van der Waals surface area contributed by atoms with Crippen LogP contribution in [0.4, 0.5) is 13.6 Å². The molecule has 0 radical (unpaired) electrons. The third kappa shape index (κ3) is 4.31. The first-order valence-corrected chi connectivity index (χ1v) is 8.20. The molecule has 0 aromatic carbocycles. The quantitative estimate of drug-likeness (QED) is 0.848. The van der Waals surface area contributed by atoms with E-state index in [4.69, 9.17) is 4.74 Å². The molecule has 1 heterocycles. The fourth-order valence-corrected chi connectivity index (χ4v) is 3.25. The second kappa shape index (κ2) is 6.30. The highest BCUT2D eigenvalue weighted by molar-refractivity contribution is 5.68. The number of nitrogens with zero attached hydrogens (tertiary/aromatic N) is 1. The summed E-state index contributed by atoms with van der Waals surface area (Å²) in [6.07, 6.45) is 1.78. The van der Waals surface area contributed by atoms with Crippen molar-refractivity contribution in [2.75, 3.05) is 13.1 Å². The molecule has 0 spiro atoms. The molecule has 3 atom stereocenters. The molecule has 0 unspecified atom stereocenters. The van der Waals surface area contributed by atoms with Crippen molar-refractivity contribution in [3.05, 3.63) is 0 Å².